The van der Waals surface area contributed by atoms with Gasteiger partial charge >= 0.3 is 0 Å². The van der Waals surface area contributed by atoms with Crippen LogP contribution in [0.5, 0.6) is 0 Å². The van der Waals surface area contributed by atoms with Crippen molar-refractivity contribution < 1.29 is 0 Å². The highest BCUT2D eigenvalue weighted by atomic mass is 15.3. The van der Waals surface area contributed by atoms with Gasteiger partial charge in [-0.15, -0.1) is 0 Å². The van der Waals surface area contributed by atoms with Crippen molar-refractivity contribution in [2.24, 2.45) is 11.8 Å². The fourth-order valence-corrected chi connectivity index (χ4v) is 1.77. The van der Waals surface area contributed by atoms with Gasteiger partial charge in [0, 0.05) is 13.6 Å². The first kappa shape index (κ1) is 10.2. The summed E-state index contributed by atoms with van der Waals surface area (Å²) in [5.74, 6) is 7.59. The molecule has 0 atom stereocenters. The van der Waals surface area contributed by atoms with Crippen LogP contribution in [0, 0.1) is 5.92 Å². The predicted octanol–water partition coefficient (Wildman–Crippen LogP) is 0.998. The lowest BCUT2D eigenvalue weighted by Crippen LogP contribution is -2.30. The minimum atomic E-state index is 0.605. The fraction of sp³-hybridized carbons (Fsp3) is 0.600. The van der Waals surface area contributed by atoms with Gasteiger partial charge in [0.15, 0.2) is 5.82 Å². The molecular formula is C10H17N5. The molecule has 0 saturated heterocycles. The number of rotatable bonds is 4. The smallest absolute Gasteiger partial charge is 0.160 e. The van der Waals surface area contributed by atoms with Crippen molar-refractivity contribution >= 4 is 11.6 Å². The van der Waals surface area contributed by atoms with E-state index in [1.165, 1.54) is 19.3 Å². The number of anilines is 2. The lowest BCUT2D eigenvalue weighted by atomic mass is 9.85. The molecule has 15 heavy (non-hydrogen) atoms. The minimum Gasteiger partial charge on any atom is -0.358 e. The maximum atomic E-state index is 5.29. The van der Waals surface area contributed by atoms with E-state index in [0.29, 0.717) is 5.82 Å². The Bertz CT molecular complexity index is 323. The summed E-state index contributed by atoms with van der Waals surface area (Å²) in [4.78, 5) is 10.5. The van der Waals surface area contributed by atoms with Crippen molar-refractivity contribution in [3.8, 4) is 0 Å². The third-order valence-electron chi connectivity index (χ3n) is 2.92. The van der Waals surface area contributed by atoms with Crippen LogP contribution in [-0.2, 0) is 0 Å². The molecule has 5 nitrogen and oxygen atoms in total. The maximum Gasteiger partial charge on any atom is 0.160 e. The van der Waals surface area contributed by atoms with Crippen molar-refractivity contribution in [1.29, 1.82) is 0 Å². The molecule has 0 bridgehead atoms. The van der Waals surface area contributed by atoms with Crippen LogP contribution in [0.2, 0.25) is 0 Å². The molecule has 82 valence electrons. The molecule has 1 fully saturated rings. The Morgan fingerprint density at radius 3 is 2.93 bits per heavy atom. The Morgan fingerprint density at radius 1 is 1.53 bits per heavy atom. The Kier molecular flexibility index (Phi) is 3.01. The monoisotopic (exact) mass is 207 g/mol. The van der Waals surface area contributed by atoms with E-state index in [1.807, 2.05) is 7.05 Å². The Labute approximate surface area is 89.7 Å². The molecule has 1 aliphatic rings. The second-order valence-electron chi connectivity index (χ2n) is 4.08. The average molecular weight is 207 g/mol. The number of nitrogens with one attached hydrogen (secondary N) is 1. The zero-order chi connectivity index (χ0) is 10.7. The molecule has 0 spiro atoms. The van der Waals surface area contributed by atoms with Crippen molar-refractivity contribution in [1.82, 2.24) is 9.97 Å². The molecule has 1 aliphatic carbocycles. The van der Waals surface area contributed by atoms with Gasteiger partial charge in [0.05, 0.1) is 12.4 Å². The quantitative estimate of drug-likeness (QED) is 0.569. The summed E-state index contributed by atoms with van der Waals surface area (Å²) in [6.45, 7) is 1.06. The van der Waals surface area contributed by atoms with E-state index >= 15 is 0 Å². The van der Waals surface area contributed by atoms with Gasteiger partial charge in [0.1, 0.15) is 5.82 Å². The molecule has 0 radical (unpaired) electrons. The highest BCUT2D eigenvalue weighted by molar-refractivity contribution is 5.42. The standard InChI is InChI=1S/C10H17N5/c1-15(7-8-3-2-4-8)10-6-12-5-9(13-10)14-11/h5-6,8H,2-4,7,11H2,1H3,(H,13,14). The molecule has 1 heterocycles. The van der Waals surface area contributed by atoms with Gasteiger partial charge in [0.2, 0.25) is 0 Å². The summed E-state index contributed by atoms with van der Waals surface area (Å²) in [7, 11) is 2.04. The van der Waals surface area contributed by atoms with E-state index in [2.05, 4.69) is 20.3 Å². The number of hydrazine groups is 1. The average Bonchev–Trinajstić information content (AvgIpc) is 2.23. The van der Waals surface area contributed by atoms with Gasteiger partial charge in [0.25, 0.3) is 0 Å². The van der Waals surface area contributed by atoms with E-state index in [1.54, 1.807) is 12.4 Å². The molecule has 0 aromatic carbocycles. The van der Waals surface area contributed by atoms with Crippen molar-refractivity contribution in [3.63, 3.8) is 0 Å². The molecule has 1 aromatic rings. The first-order valence-corrected chi connectivity index (χ1v) is 5.29. The largest absolute Gasteiger partial charge is 0.358 e. The van der Waals surface area contributed by atoms with Crippen molar-refractivity contribution in [3.05, 3.63) is 12.4 Å². The molecular weight excluding hydrogens is 190 g/mol. The highest BCUT2D eigenvalue weighted by Crippen LogP contribution is 2.27. The summed E-state index contributed by atoms with van der Waals surface area (Å²) < 4.78 is 0. The summed E-state index contributed by atoms with van der Waals surface area (Å²) >= 11 is 0. The van der Waals surface area contributed by atoms with Crippen LogP contribution in [0.4, 0.5) is 11.6 Å². The van der Waals surface area contributed by atoms with Crippen molar-refractivity contribution in [2.75, 3.05) is 23.9 Å². The lowest BCUT2D eigenvalue weighted by molar-refractivity contribution is 0.321. The molecule has 3 N–H and O–H groups in total. The molecule has 0 aliphatic heterocycles. The van der Waals surface area contributed by atoms with E-state index in [-0.39, 0.29) is 0 Å². The van der Waals surface area contributed by atoms with Crippen molar-refractivity contribution in [2.45, 2.75) is 19.3 Å². The summed E-state index contributed by atoms with van der Waals surface area (Å²) in [5.41, 5.74) is 2.50. The van der Waals surface area contributed by atoms with Crippen LogP contribution in [-0.4, -0.2) is 23.6 Å². The fourth-order valence-electron chi connectivity index (χ4n) is 1.77. The Hall–Kier alpha value is -1.36. The van der Waals surface area contributed by atoms with Gasteiger partial charge in [-0.1, -0.05) is 6.42 Å². The van der Waals surface area contributed by atoms with Gasteiger partial charge in [-0.2, -0.15) is 0 Å². The SMILES string of the molecule is CN(CC1CCC1)c1cncc(NN)n1. The van der Waals surface area contributed by atoms with E-state index in [9.17, 15) is 0 Å². The number of nitrogens with zero attached hydrogens (tertiary/aromatic N) is 3. The third kappa shape index (κ3) is 2.36. The third-order valence-corrected chi connectivity index (χ3v) is 2.92. The number of hydrogen-bond donors (Lipinski definition) is 2. The summed E-state index contributed by atoms with van der Waals surface area (Å²) in [6, 6.07) is 0. The van der Waals surface area contributed by atoms with Gasteiger partial charge in [-0.3, -0.25) is 4.98 Å². The molecule has 0 amide bonds. The molecule has 0 unspecified atom stereocenters. The Morgan fingerprint density at radius 2 is 2.33 bits per heavy atom. The number of hydrogen-bond acceptors (Lipinski definition) is 5. The number of nitrogen functional groups attached to an aromatic ring is 1. The minimum absolute atomic E-state index is 0.605. The van der Waals surface area contributed by atoms with Crippen LogP contribution < -0.4 is 16.2 Å². The summed E-state index contributed by atoms with van der Waals surface area (Å²) in [6.07, 6.45) is 7.42. The molecule has 1 saturated carbocycles. The van der Waals surface area contributed by atoms with Gasteiger partial charge in [-0.25, -0.2) is 10.8 Å². The summed E-state index contributed by atoms with van der Waals surface area (Å²) in [5, 5.41) is 0. The van der Waals surface area contributed by atoms with E-state index in [0.717, 1.165) is 18.3 Å². The zero-order valence-corrected chi connectivity index (χ0v) is 8.98. The molecule has 5 heteroatoms. The second-order valence-corrected chi connectivity index (χ2v) is 4.08. The van der Waals surface area contributed by atoms with Gasteiger partial charge in [-0.05, 0) is 18.8 Å². The highest BCUT2D eigenvalue weighted by Gasteiger charge is 2.19. The number of aromatic nitrogens is 2. The van der Waals surface area contributed by atoms with Gasteiger partial charge < -0.3 is 10.3 Å². The Balaban J connectivity index is 1.99. The van der Waals surface area contributed by atoms with Crippen LogP contribution in [0.15, 0.2) is 12.4 Å². The first-order valence-electron chi connectivity index (χ1n) is 5.29. The number of nitrogens with two attached hydrogens (primary N) is 1. The molecule has 2 rings (SSSR count). The normalized spacial score (nSPS) is 15.9. The van der Waals surface area contributed by atoms with Crippen LogP contribution in [0.3, 0.4) is 0 Å². The lowest BCUT2D eigenvalue weighted by Gasteiger charge is -2.30. The first-order chi connectivity index (χ1) is 7.29. The topological polar surface area (TPSA) is 67.1 Å². The maximum absolute atomic E-state index is 5.29. The second kappa shape index (κ2) is 4.44. The van der Waals surface area contributed by atoms with E-state index in [4.69, 9.17) is 5.84 Å². The van der Waals surface area contributed by atoms with E-state index < -0.39 is 0 Å². The van der Waals surface area contributed by atoms with Crippen LogP contribution in [0.1, 0.15) is 19.3 Å². The van der Waals surface area contributed by atoms with Crippen LogP contribution in [0.25, 0.3) is 0 Å². The molecule has 1 aromatic heterocycles. The predicted molar refractivity (Wildman–Crippen MR) is 60.5 cm³/mol. The zero-order valence-electron chi connectivity index (χ0n) is 8.98. The van der Waals surface area contributed by atoms with Crippen LogP contribution >= 0.6 is 0 Å².